The summed E-state index contributed by atoms with van der Waals surface area (Å²) in [7, 11) is 0. The molecule has 0 bridgehead atoms. The van der Waals surface area contributed by atoms with Gasteiger partial charge in [-0.15, -0.1) is 0 Å². The van der Waals surface area contributed by atoms with E-state index in [0.717, 1.165) is 0 Å². The van der Waals surface area contributed by atoms with Crippen LogP contribution >= 0.6 is 0 Å². The van der Waals surface area contributed by atoms with Crippen molar-refractivity contribution in [2.45, 2.75) is 0 Å². The monoisotopic (exact) mass is 404 g/mol. The van der Waals surface area contributed by atoms with Crippen LogP contribution in [-0.2, 0) is 9.59 Å². The fraction of sp³-hybridized carbons (Fsp3) is 0. The van der Waals surface area contributed by atoms with Crippen molar-refractivity contribution >= 4 is 29.4 Å². The zero-order valence-electron chi connectivity index (χ0n) is 15.5. The molecular weight excluding hydrogens is 388 g/mol. The van der Waals surface area contributed by atoms with Crippen LogP contribution in [0, 0.1) is 10.1 Å². The van der Waals surface area contributed by atoms with Gasteiger partial charge in [0.1, 0.15) is 11.5 Å². The highest BCUT2D eigenvalue weighted by Gasteiger charge is 2.13. The topological polar surface area (TPSA) is 123 Å². The van der Waals surface area contributed by atoms with Crippen LogP contribution in [0.2, 0.25) is 0 Å². The number of hydrogen-bond acceptors (Lipinski definition) is 6. The van der Waals surface area contributed by atoms with Gasteiger partial charge in [-0.3, -0.25) is 19.7 Å². The minimum Gasteiger partial charge on any atom is -0.457 e. The van der Waals surface area contributed by atoms with Gasteiger partial charge in [-0.05, 0) is 36.4 Å². The summed E-state index contributed by atoms with van der Waals surface area (Å²) >= 11 is 0. The van der Waals surface area contributed by atoms with Crippen molar-refractivity contribution < 1.29 is 19.2 Å². The summed E-state index contributed by atoms with van der Waals surface area (Å²) in [5.74, 6) is -0.648. The van der Waals surface area contributed by atoms with Crippen molar-refractivity contribution in [1.82, 2.24) is 5.43 Å². The maximum Gasteiger partial charge on any atom is 0.329 e. The Morgan fingerprint density at radius 1 is 0.900 bits per heavy atom. The normalized spacial score (nSPS) is 10.4. The Morgan fingerprint density at radius 3 is 2.30 bits per heavy atom. The van der Waals surface area contributed by atoms with Crippen molar-refractivity contribution in [2.24, 2.45) is 5.10 Å². The van der Waals surface area contributed by atoms with E-state index in [1.165, 1.54) is 24.4 Å². The maximum atomic E-state index is 12.0. The Kier molecular flexibility index (Phi) is 6.47. The molecule has 0 saturated heterocycles. The predicted molar refractivity (Wildman–Crippen MR) is 110 cm³/mol. The summed E-state index contributed by atoms with van der Waals surface area (Å²) in [6.07, 6.45) is 1.20. The second-order valence-corrected chi connectivity index (χ2v) is 5.94. The van der Waals surface area contributed by atoms with Gasteiger partial charge in [0.15, 0.2) is 0 Å². The molecule has 0 aromatic heterocycles. The number of nitrogens with one attached hydrogen (secondary N) is 2. The molecule has 2 N–H and O–H groups in total. The number of carbonyl (C=O) groups excluding carboxylic acids is 2. The lowest BCUT2D eigenvalue weighted by molar-refractivity contribution is -0.384. The molecule has 0 radical (unpaired) electrons. The van der Waals surface area contributed by atoms with Crippen LogP contribution < -0.4 is 15.5 Å². The minimum absolute atomic E-state index is 0.109. The Balaban J connectivity index is 1.52. The van der Waals surface area contributed by atoms with Crippen LogP contribution in [0.1, 0.15) is 5.56 Å². The number of rotatable bonds is 6. The molecule has 3 aromatic rings. The van der Waals surface area contributed by atoms with Crippen LogP contribution in [0.4, 0.5) is 11.4 Å². The van der Waals surface area contributed by atoms with E-state index in [1.54, 1.807) is 30.3 Å². The Hall–Kier alpha value is -4.53. The molecule has 3 aromatic carbocycles. The number of nitro groups is 1. The second-order valence-electron chi connectivity index (χ2n) is 5.94. The van der Waals surface area contributed by atoms with Gasteiger partial charge in [0, 0.05) is 23.4 Å². The van der Waals surface area contributed by atoms with Gasteiger partial charge < -0.3 is 10.1 Å². The standard InChI is InChI=1S/C21H16N4O5/c26-20(21(27)24-22-14-15-5-4-6-17(13-15)25(28)29)23-16-9-11-19(12-10-16)30-18-7-2-1-3-8-18/h1-14H,(H,23,26)(H,24,27)/b22-14-. The Bertz CT molecular complexity index is 1080. The van der Waals surface area contributed by atoms with E-state index in [4.69, 9.17) is 4.74 Å². The molecule has 0 spiro atoms. The molecule has 0 aliphatic carbocycles. The first-order valence-electron chi connectivity index (χ1n) is 8.73. The van der Waals surface area contributed by atoms with E-state index >= 15 is 0 Å². The quantitative estimate of drug-likeness (QED) is 0.282. The molecular formula is C21H16N4O5. The molecule has 0 heterocycles. The third-order valence-corrected chi connectivity index (χ3v) is 3.76. The van der Waals surface area contributed by atoms with Gasteiger partial charge in [-0.2, -0.15) is 5.10 Å². The van der Waals surface area contributed by atoms with Gasteiger partial charge in [0.05, 0.1) is 11.1 Å². The van der Waals surface area contributed by atoms with Crippen molar-refractivity contribution in [3.63, 3.8) is 0 Å². The summed E-state index contributed by atoms with van der Waals surface area (Å²) in [5.41, 5.74) is 2.76. The molecule has 2 amide bonds. The van der Waals surface area contributed by atoms with Crippen LogP contribution in [0.3, 0.4) is 0 Å². The largest absolute Gasteiger partial charge is 0.457 e. The van der Waals surface area contributed by atoms with Gasteiger partial charge >= 0.3 is 11.8 Å². The van der Waals surface area contributed by atoms with Crippen LogP contribution in [-0.4, -0.2) is 23.0 Å². The van der Waals surface area contributed by atoms with Gasteiger partial charge in [-0.25, -0.2) is 5.43 Å². The van der Waals surface area contributed by atoms with Crippen LogP contribution in [0.5, 0.6) is 11.5 Å². The fourth-order valence-electron chi connectivity index (χ4n) is 2.35. The van der Waals surface area contributed by atoms with E-state index in [2.05, 4.69) is 15.8 Å². The zero-order valence-corrected chi connectivity index (χ0v) is 15.5. The highest BCUT2D eigenvalue weighted by Crippen LogP contribution is 2.22. The number of benzene rings is 3. The lowest BCUT2D eigenvalue weighted by Gasteiger charge is -2.07. The molecule has 0 unspecified atom stereocenters. The van der Waals surface area contributed by atoms with Gasteiger partial charge in [0.2, 0.25) is 0 Å². The summed E-state index contributed by atoms with van der Waals surface area (Å²) in [4.78, 5) is 34.0. The van der Waals surface area contributed by atoms with Crippen molar-refractivity contribution in [3.05, 3.63) is 94.5 Å². The summed E-state index contributed by atoms with van der Waals surface area (Å²) < 4.78 is 5.65. The molecule has 0 aliphatic rings. The molecule has 9 heteroatoms. The number of para-hydroxylation sites is 1. The number of amides is 2. The number of non-ortho nitro benzene ring substituents is 1. The number of nitrogens with zero attached hydrogens (tertiary/aromatic N) is 2. The van der Waals surface area contributed by atoms with Crippen molar-refractivity contribution in [2.75, 3.05) is 5.32 Å². The average molecular weight is 404 g/mol. The minimum atomic E-state index is -0.985. The summed E-state index contributed by atoms with van der Waals surface area (Å²) in [6.45, 7) is 0. The summed E-state index contributed by atoms with van der Waals surface area (Å²) in [6, 6.07) is 21.4. The first-order valence-corrected chi connectivity index (χ1v) is 8.73. The lowest BCUT2D eigenvalue weighted by atomic mass is 10.2. The van der Waals surface area contributed by atoms with Gasteiger partial charge in [-0.1, -0.05) is 30.3 Å². The van der Waals surface area contributed by atoms with Crippen LogP contribution in [0.15, 0.2) is 84.0 Å². The predicted octanol–water partition coefficient (Wildman–Crippen LogP) is 3.48. The molecule has 0 aliphatic heterocycles. The number of hydrazone groups is 1. The van der Waals surface area contributed by atoms with Crippen molar-refractivity contribution in [1.29, 1.82) is 0 Å². The molecule has 150 valence electrons. The highest BCUT2D eigenvalue weighted by atomic mass is 16.6. The van der Waals surface area contributed by atoms with Gasteiger partial charge in [0.25, 0.3) is 5.69 Å². The lowest BCUT2D eigenvalue weighted by Crippen LogP contribution is -2.32. The molecule has 3 rings (SSSR count). The van der Waals surface area contributed by atoms with Crippen LogP contribution in [0.25, 0.3) is 0 Å². The maximum absolute atomic E-state index is 12.0. The number of ether oxygens (including phenoxy) is 1. The fourth-order valence-corrected chi connectivity index (χ4v) is 2.35. The smallest absolute Gasteiger partial charge is 0.329 e. The van der Waals surface area contributed by atoms with E-state index < -0.39 is 16.7 Å². The second kappa shape index (κ2) is 9.60. The third-order valence-electron chi connectivity index (χ3n) is 3.76. The molecule has 0 fully saturated rings. The Morgan fingerprint density at radius 2 is 1.60 bits per heavy atom. The SMILES string of the molecule is O=C(N/N=C\c1cccc([N+](=O)[O-])c1)C(=O)Nc1ccc(Oc2ccccc2)cc1. The number of anilines is 1. The average Bonchev–Trinajstić information content (AvgIpc) is 2.76. The summed E-state index contributed by atoms with van der Waals surface area (Å²) in [5, 5.41) is 16.8. The Labute approximate surface area is 171 Å². The molecule has 30 heavy (non-hydrogen) atoms. The van der Waals surface area contributed by atoms with E-state index in [-0.39, 0.29) is 5.69 Å². The number of hydrogen-bond donors (Lipinski definition) is 2. The highest BCUT2D eigenvalue weighted by molar-refractivity contribution is 6.39. The van der Waals surface area contributed by atoms with Crippen molar-refractivity contribution in [3.8, 4) is 11.5 Å². The van der Waals surface area contributed by atoms with E-state index in [1.807, 2.05) is 30.3 Å². The van der Waals surface area contributed by atoms with E-state index in [9.17, 15) is 19.7 Å². The number of carbonyl (C=O) groups is 2. The molecule has 9 nitrogen and oxygen atoms in total. The molecule has 0 saturated carbocycles. The number of nitro benzene ring substituents is 1. The van der Waals surface area contributed by atoms with E-state index in [0.29, 0.717) is 22.7 Å². The first-order chi connectivity index (χ1) is 14.5. The zero-order chi connectivity index (χ0) is 21.3. The third kappa shape index (κ3) is 5.73. The first kappa shape index (κ1) is 20.2. The molecule has 0 atom stereocenters.